The molecule has 3 heterocycles. The van der Waals surface area contributed by atoms with Crippen molar-refractivity contribution in [3.63, 3.8) is 0 Å². The van der Waals surface area contributed by atoms with Gasteiger partial charge in [0.1, 0.15) is 17.9 Å². The number of aliphatic hydroxyl groups is 1. The van der Waals surface area contributed by atoms with E-state index in [1.54, 1.807) is 24.3 Å². The summed E-state index contributed by atoms with van der Waals surface area (Å²) in [6.07, 6.45) is -1.09. The highest BCUT2D eigenvalue weighted by atomic mass is 19.1. The quantitative estimate of drug-likeness (QED) is 0.846. The Labute approximate surface area is 137 Å². The van der Waals surface area contributed by atoms with Gasteiger partial charge in [0.15, 0.2) is 6.29 Å². The summed E-state index contributed by atoms with van der Waals surface area (Å²) in [5.74, 6) is -0.529. The lowest BCUT2D eigenvalue weighted by atomic mass is 10.1. The Kier molecular flexibility index (Phi) is 3.06. The van der Waals surface area contributed by atoms with E-state index in [9.17, 15) is 13.9 Å². The Hall–Kier alpha value is -1.86. The molecule has 124 valence electrons. The number of ether oxygens (including phenoxy) is 1. The first-order chi connectivity index (χ1) is 11.6. The Morgan fingerprint density at radius 1 is 0.917 bits per heavy atom. The van der Waals surface area contributed by atoms with Crippen LogP contribution in [0.3, 0.4) is 0 Å². The smallest absolute Gasteiger partial charge is 0.174 e. The molecular formula is C18H16F2N2O2. The Morgan fingerprint density at radius 3 is 2.12 bits per heavy atom. The summed E-state index contributed by atoms with van der Waals surface area (Å²) in [7, 11) is 0. The van der Waals surface area contributed by atoms with Crippen LogP contribution in [-0.2, 0) is 4.74 Å². The van der Waals surface area contributed by atoms with Gasteiger partial charge in [-0.05, 0) is 35.4 Å². The van der Waals surface area contributed by atoms with Crippen molar-refractivity contribution in [3.8, 4) is 0 Å². The van der Waals surface area contributed by atoms with E-state index in [2.05, 4.69) is 10.2 Å². The molecular weight excluding hydrogens is 314 g/mol. The third-order valence-corrected chi connectivity index (χ3v) is 5.13. The first-order valence-electron chi connectivity index (χ1n) is 8.01. The minimum Gasteiger partial charge on any atom is -0.366 e. The predicted octanol–water partition coefficient (Wildman–Crippen LogP) is 2.08. The van der Waals surface area contributed by atoms with E-state index in [0.29, 0.717) is 0 Å². The number of halogens is 2. The molecule has 2 N–H and O–H groups in total. The van der Waals surface area contributed by atoms with Crippen molar-refractivity contribution in [1.29, 1.82) is 0 Å². The highest BCUT2D eigenvalue weighted by molar-refractivity contribution is 5.33. The lowest BCUT2D eigenvalue weighted by molar-refractivity contribution is -0.118. The van der Waals surface area contributed by atoms with Gasteiger partial charge >= 0.3 is 0 Å². The van der Waals surface area contributed by atoms with Crippen LogP contribution in [0.25, 0.3) is 0 Å². The highest BCUT2D eigenvalue weighted by Crippen LogP contribution is 2.55. The Balaban J connectivity index is 1.33. The maximum absolute atomic E-state index is 13.1. The molecule has 24 heavy (non-hydrogen) atoms. The van der Waals surface area contributed by atoms with Crippen molar-refractivity contribution in [2.75, 3.05) is 0 Å². The average Bonchev–Trinajstić information content (AvgIpc) is 3.47. The van der Waals surface area contributed by atoms with Crippen LogP contribution < -0.4 is 5.32 Å². The minimum atomic E-state index is -0.846. The van der Waals surface area contributed by atoms with Crippen LogP contribution in [0.5, 0.6) is 0 Å². The van der Waals surface area contributed by atoms with E-state index in [4.69, 9.17) is 4.74 Å². The van der Waals surface area contributed by atoms with Crippen LogP contribution in [0, 0.1) is 11.6 Å². The van der Waals surface area contributed by atoms with E-state index in [0.717, 1.165) is 11.1 Å². The molecule has 0 aliphatic carbocycles. The monoisotopic (exact) mass is 330 g/mol. The predicted molar refractivity (Wildman–Crippen MR) is 81.7 cm³/mol. The van der Waals surface area contributed by atoms with Crippen molar-refractivity contribution in [2.24, 2.45) is 0 Å². The van der Waals surface area contributed by atoms with Gasteiger partial charge in [-0.1, -0.05) is 24.3 Å². The summed E-state index contributed by atoms with van der Waals surface area (Å²) in [4.78, 5) is 2.11. The molecule has 3 fully saturated rings. The molecule has 0 saturated carbocycles. The first-order valence-corrected chi connectivity index (χ1v) is 8.01. The van der Waals surface area contributed by atoms with Crippen LogP contribution >= 0.6 is 0 Å². The van der Waals surface area contributed by atoms with Gasteiger partial charge in [0, 0.05) is 0 Å². The van der Waals surface area contributed by atoms with E-state index < -0.39 is 6.29 Å². The highest BCUT2D eigenvalue weighted by Gasteiger charge is 2.67. The summed E-state index contributed by atoms with van der Waals surface area (Å²) in [5, 5.41) is 13.5. The lowest BCUT2D eigenvalue weighted by Gasteiger charge is -2.17. The summed E-state index contributed by atoms with van der Waals surface area (Å²) in [6, 6.07) is 12.9. The maximum atomic E-state index is 13.1. The average molecular weight is 330 g/mol. The van der Waals surface area contributed by atoms with Crippen molar-refractivity contribution in [2.45, 2.75) is 36.7 Å². The van der Waals surface area contributed by atoms with E-state index in [1.807, 2.05) is 0 Å². The van der Waals surface area contributed by atoms with Gasteiger partial charge in [0.05, 0.1) is 24.2 Å². The number of hydrogen-bond donors (Lipinski definition) is 2. The molecule has 0 bridgehead atoms. The number of fused-ring (bicyclic) bond motifs is 1. The molecule has 4 nitrogen and oxygen atoms in total. The second-order valence-corrected chi connectivity index (χ2v) is 6.57. The number of aliphatic hydroxyl groups excluding tert-OH is 1. The molecule has 7 atom stereocenters. The third kappa shape index (κ3) is 2.18. The van der Waals surface area contributed by atoms with Crippen LogP contribution in [0.2, 0.25) is 0 Å². The molecule has 0 amide bonds. The van der Waals surface area contributed by atoms with Gasteiger partial charge in [-0.2, -0.15) is 0 Å². The second kappa shape index (κ2) is 5.07. The van der Waals surface area contributed by atoms with E-state index >= 15 is 0 Å². The summed E-state index contributed by atoms with van der Waals surface area (Å²) >= 11 is 0. The second-order valence-electron chi connectivity index (χ2n) is 6.57. The first kappa shape index (κ1) is 14.5. The molecule has 5 rings (SSSR count). The van der Waals surface area contributed by atoms with Crippen molar-refractivity contribution < 1.29 is 18.6 Å². The molecule has 6 heteroatoms. The van der Waals surface area contributed by atoms with Crippen LogP contribution in [0.1, 0.15) is 23.2 Å². The molecule has 2 aromatic carbocycles. The van der Waals surface area contributed by atoms with Crippen molar-refractivity contribution in [3.05, 3.63) is 71.3 Å². The molecule has 2 aromatic rings. The number of benzene rings is 2. The van der Waals surface area contributed by atoms with Gasteiger partial charge in [-0.15, -0.1) is 0 Å². The van der Waals surface area contributed by atoms with Crippen LogP contribution in [-0.4, -0.2) is 34.6 Å². The largest absolute Gasteiger partial charge is 0.366 e. The van der Waals surface area contributed by atoms with Gasteiger partial charge in [-0.3, -0.25) is 4.90 Å². The zero-order chi connectivity index (χ0) is 16.4. The lowest BCUT2D eigenvalue weighted by Crippen LogP contribution is -2.29. The fourth-order valence-corrected chi connectivity index (χ4v) is 3.86. The number of hydrogen-bond acceptors (Lipinski definition) is 4. The fraction of sp³-hybridized carbons (Fsp3) is 0.333. The van der Waals surface area contributed by atoms with Crippen LogP contribution in [0.4, 0.5) is 8.78 Å². The molecule has 3 aliphatic rings. The zero-order valence-corrected chi connectivity index (χ0v) is 12.6. The van der Waals surface area contributed by atoms with Gasteiger partial charge in [0.2, 0.25) is 0 Å². The van der Waals surface area contributed by atoms with E-state index in [1.165, 1.54) is 24.3 Å². The van der Waals surface area contributed by atoms with E-state index in [-0.39, 0.29) is 42.0 Å². The van der Waals surface area contributed by atoms with Gasteiger partial charge in [0.25, 0.3) is 0 Å². The van der Waals surface area contributed by atoms with Crippen molar-refractivity contribution in [1.82, 2.24) is 10.2 Å². The number of nitrogens with zero attached hydrogens (tertiary/aromatic N) is 1. The minimum absolute atomic E-state index is 0.0515. The zero-order valence-electron chi connectivity index (χ0n) is 12.6. The topological polar surface area (TPSA) is 54.4 Å². The SMILES string of the molecule is O[C@@H]1O[C@H]([C@H]2N[C@@H]2c2ccc(F)cc2)N2[C@H]1[C@H]2c1ccc(F)cc1. The normalized spacial score (nSPS) is 39.5. The molecule has 0 aromatic heterocycles. The van der Waals surface area contributed by atoms with Crippen molar-refractivity contribution >= 4 is 0 Å². The summed E-state index contributed by atoms with van der Waals surface area (Å²) in [5.41, 5.74) is 1.98. The molecule has 0 spiro atoms. The third-order valence-electron chi connectivity index (χ3n) is 5.13. The maximum Gasteiger partial charge on any atom is 0.174 e. The molecule has 1 unspecified atom stereocenters. The number of nitrogens with one attached hydrogen (secondary N) is 1. The molecule has 0 radical (unpaired) electrons. The molecule has 3 saturated heterocycles. The van der Waals surface area contributed by atoms with Crippen LogP contribution in [0.15, 0.2) is 48.5 Å². The standard InChI is InChI=1S/C18H16F2N2O2/c19-11-5-1-9(2-6-11)13-14(21-13)17-22-15(16(22)18(23)24-17)10-3-7-12(20)8-4-10/h1-8,13-18,21,23H/t13-,14+,15-,16+,17-,18-,22?/m1/s1. The summed E-state index contributed by atoms with van der Waals surface area (Å²) in [6.45, 7) is 0. The van der Waals surface area contributed by atoms with Gasteiger partial charge < -0.3 is 15.2 Å². The number of rotatable bonds is 3. The fourth-order valence-electron chi connectivity index (χ4n) is 3.86. The summed E-state index contributed by atoms with van der Waals surface area (Å²) < 4.78 is 31.8. The molecule has 3 aliphatic heterocycles. The Bertz CT molecular complexity index is 768. The Morgan fingerprint density at radius 2 is 1.50 bits per heavy atom. The van der Waals surface area contributed by atoms with Gasteiger partial charge in [-0.25, -0.2) is 8.78 Å².